The van der Waals surface area contributed by atoms with Crippen molar-refractivity contribution in [2.45, 2.75) is 6.10 Å². The van der Waals surface area contributed by atoms with Crippen LogP contribution in [0.25, 0.3) is 0 Å². The van der Waals surface area contributed by atoms with Crippen molar-refractivity contribution in [2.24, 2.45) is 0 Å². The molecular weight excluding hydrogens is 157 g/mol. The second kappa shape index (κ2) is 4.88. The number of likely N-dealkylation sites (N-methyl/N-ethyl adjacent to an activating group) is 1. The number of alkyl halides is 1. The van der Waals surface area contributed by atoms with E-state index in [4.69, 9.17) is 5.11 Å². The normalized spacial score (nSPS) is 14.1. The van der Waals surface area contributed by atoms with Gasteiger partial charge in [0.25, 0.3) is 0 Å². The number of rotatable bonds is 3. The van der Waals surface area contributed by atoms with Crippen LogP contribution in [0.4, 0.5) is 4.39 Å². The number of nitrogens with zero attached hydrogens (tertiary/aromatic N) is 1. The molecule has 10 heavy (non-hydrogen) atoms. The molecule has 0 aliphatic heterocycles. The smallest absolute Gasteiger partial charge is 0.131 e. The summed E-state index contributed by atoms with van der Waals surface area (Å²) < 4.78 is 12.3. The molecule has 0 radical (unpaired) electrons. The van der Waals surface area contributed by atoms with Crippen molar-refractivity contribution in [1.29, 1.82) is 0 Å². The number of aliphatic hydroxyl groups is 1. The lowest BCUT2D eigenvalue weighted by Crippen LogP contribution is -3.00. The zero-order valence-corrected chi connectivity index (χ0v) is 7.40. The summed E-state index contributed by atoms with van der Waals surface area (Å²) in [4.78, 5) is 0. The Labute approximate surface area is 67.6 Å². The molecule has 0 saturated heterocycles. The molecule has 1 N–H and O–H groups in total. The molecule has 2 nitrogen and oxygen atoms in total. The number of hydrogen-bond acceptors (Lipinski definition) is 1. The van der Waals surface area contributed by atoms with Crippen LogP contribution in [-0.2, 0) is 0 Å². The van der Waals surface area contributed by atoms with Crippen molar-refractivity contribution < 1.29 is 26.4 Å². The first kappa shape index (κ1) is 12.8. The number of hydrogen-bond donors (Lipinski definition) is 1. The number of quaternary nitrogens is 1. The molecule has 0 bridgehead atoms. The highest BCUT2D eigenvalue weighted by Crippen LogP contribution is 1.94. The van der Waals surface area contributed by atoms with Gasteiger partial charge in [-0.15, -0.1) is 0 Å². The van der Waals surface area contributed by atoms with Gasteiger partial charge in [0.15, 0.2) is 0 Å². The third-order valence-electron chi connectivity index (χ3n) is 0.937. The van der Waals surface area contributed by atoms with E-state index in [-0.39, 0.29) is 12.4 Å². The highest BCUT2D eigenvalue weighted by atomic mass is 35.5. The number of aliphatic hydroxyl groups excluding tert-OH is 1. The van der Waals surface area contributed by atoms with Gasteiger partial charge in [-0.25, -0.2) is 4.39 Å². The Balaban J connectivity index is 0. The summed E-state index contributed by atoms with van der Waals surface area (Å²) in [7, 11) is 5.75. The van der Waals surface area contributed by atoms with Gasteiger partial charge in [-0.1, -0.05) is 0 Å². The highest BCUT2D eigenvalue weighted by molar-refractivity contribution is 4.47. The molecule has 1 unspecified atom stereocenters. The lowest BCUT2D eigenvalue weighted by atomic mass is 10.3. The minimum atomic E-state index is -0.801. The van der Waals surface area contributed by atoms with Crippen molar-refractivity contribution >= 4 is 0 Å². The van der Waals surface area contributed by atoms with Gasteiger partial charge in [0.1, 0.15) is 19.3 Å². The Hall–Kier alpha value is 0.140. The molecule has 0 amide bonds. The first-order chi connectivity index (χ1) is 3.95. The van der Waals surface area contributed by atoms with Crippen molar-refractivity contribution in [3.8, 4) is 0 Å². The Kier molecular flexibility index (Phi) is 6.24. The Bertz CT molecular complexity index is 84.3. The maximum Gasteiger partial charge on any atom is 0.131 e. The van der Waals surface area contributed by atoms with E-state index >= 15 is 0 Å². The fourth-order valence-electron chi connectivity index (χ4n) is 0.681. The van der Waals surface area contributed by atoms with E-state index in [9.17, 15) is 4.39 Å². The molecule has 0 aromatic heterocycles. The van der Waals surface area contributed by atoms with E-state index < -0.39 is 12.8 Å². The third kappa shape index (κ3) is 8.14. The summed E-state index contributed by atoms with van der Waals surface area (Å²) in [5.74, 6) is 0. The number of halogens is 2. The largest absolute Gasteiger partial charge is 1.00 e. The van der Waals surface area contributed by atoms with Crippen LogP contribution in [-0.4, -0.2) is 50.1 Å². The van der Waals surface area contributed by atoms with Gasteiger partial charge >= 0.3 is 0 Å². The van der Waals surface area contributed by atoms with Crippen LogP contribution in [0, 0.1) is 0 Å². The summed E-state index contributed by atoms with van der Waals surface area (Å²) in [6.45, 7) is -0.175. The van der Waals surface area contributed by atoms with Gasteiger partial charge in [-0.05, 0) is 0 Å². The quantitative estimate of drug-likeness (QED) is 0.450. The monoisotopic (exact) mass is 171 g/mol. The summed E-state index contributed by atoms with van der Waals surface area (Å²) in [5, 5.41) is 8.80. The van der Waals surface area contributed by atoms with Gasteiger partial charge in [0, 0.05) is 0 Å². The van der Waals surface area contributed by atoms with Crippen LogP contribution < -0.4 is 12.4 Å². The van der Waals surface area contributed by atoms with Crippen molar-refractivity contribution in [2.75, 3.05) is 34.4 Å². The van der Waals surface area contributed by atoms with Crippen LogP contribution in [0.1, 0.15) is 0 Å². The zero-order chi connectivity index (χ0) is 7.49. The molecule has 0 heterocycles. The van der Waals surface area contributed by atoms with E-state index in [1.54, 1.807) is 0 Å². The molecule has 0 aromatic carbocycles. The lowest BCUT2D eigenvalue weighted by molar-refractivity contribution is -0.873. The predicted octanol–water partition coefficient (Wildman–Crippen LogP) is -2.97. The minimum Gasteiger partial charge on any atom is -1.00 e. The molecule has 1 atom stereocenters. The van der Waals surface area contributed by atoms with Crippen molar-refractivity contribution in [1.82, 2.24) is 0 Å². The van der Waals surface area contributed by atoms with Gasteiger partial charge in [-0.2, -0.15) is 0 Å². The molecule has 0 rings (SSSR count). The zero-order valence-electron chi connectivity index (χ0n) is 6.64. The molecule has 4 heteroatoms. The third-order valence-corrected chi connectivity index (χ3v) is 0.937. The molecule has 0 aliphatic rings. The van der Waals surface area contributed by atoms with Crippen LogP contribution in [0.15, 0.2) is 0 Å². The standard InChI is InChI=1S/C6H15FNO.ClH/c1-8(2,3)5-6(9)4-7;/h6,9H,4-5H2,1-3H3;1H/q+1;/p-1. The maximum absolute atomic E-state index is 11.7. The molecule has 0 aliphatic carbocycles. The van der Waals surface area contributed by atoms with Crippen LogP contribution in [0.2, 0.25) is 0 Å². The predicted molar refractivity (Wildman–Crippen MR) is 34.9 cm³/mol. The van der Waals surface area contributed by atoms with E-state index in [0.717, 1.165) is 0 Å². The Morgan fingerprint density at radius 2 is 1.80 bits per heavy atom. The van der Waals surface area contributed by atoms with E-state index in [1.807, 2.05) is 21.1 Å². The Morgan fingerprint density at radius 3 is 1.90 bits per heavy atom. The maximum atomic E-state index is 11.7. The topological polar surface area (TPSA) is 20.2 Å². The first-order valence-electron chi connectivity index (χ1n) is 3.00. The van der Waals surface area contributed by atoms with Crippen LogP contribution >= 0.6 is 0 Å². The lowest BCUT2D eigenvalue weighted by Gasteiger charge is -2.25. The molecular formula is C6H15ClFNO. The summed E-state index contributed by atoms with van der Waals surface area (Å²) in [6.07, 6.45) is -0.801. The fraction of sp³-hybridized carbons (Fsp3) is 1.00. The van der Waals surface area contributed by atoms with Crippen LogP contribution in [0.5, 0.6) is 0 Å². The molecule has 0 spiro atoms. The van der Waals surface area contributed by atoms with Crippen molar-refractivity contribution in [3.05, 3.63) is 0 Å². The van der Waals surface area contributed by atoms with E-state index in [0.29, 0.717) is 11.0 Å². The average Bonchev–Trinajstić information content (AvgIpc) is 1.62. The van der Waals surface area contributed by atoms with Gasteiger partial charge < -0.3 is 22.0 Å². The second-order valence-electron chi connectivity index (χ2n) is 3.28. The SMILES string of the molecule is C[N+](C)(C)CC(O)CF.[Cl-]. The first-order valence-corrected chi connectivity index (χ1v) is 3.00. The van der Waals surface area contributed by atoms with E-state index in [2.05, 4.69) is 0 Å². The minimum absolute atomic E-state index is 0. The molecule has 0 fully saturated rings. The summed E-state index contributed by atoms with van der Waals surface area (Å²) in [5.41, 5.74) is 0. The second-order valence-corrected chi connectivity index (χ2v) is 3.28. The average molecular weight is 172 g/mol. The van der Waals surface area contributed by atoms with E-state index in [1.165, 1.54) is 0 Å². The summed E-state index contributed by atoms with van der Waals surface area (Å²) in [6, 6.07) is 0. The molecule has 64 valence electrons. The highest BCUT2D eigenvalue weighted by Gasteiger charge is 2.13. The molecule has 0 aromatic rings. The molecule has 0 saturated carbocycles. The fourth-order valence-corrected chi connectivity index (χ4v) is 0.681. The Morgan fingerprint density at radius 1 is 1.40 bits per heavy atom. The van der Waals surface area contributed by atoms with Crippen LogP contribution in [0.3, 0.4) is 0 Å². The van der Waals surface area contributed by atoms with Gasteiger partial charge in [0.2, 0.25) is 0 Å². The summed E-state index contributed by atoms with van der Waals surface area (Å²) >= 11 is 0. The van der Waals surface area contributed by atoms with Crippen molar-refractivity contribution in [3.63, 3.8) is 0 Å². The van der Waals surface area contributed by atoms with Gasteiger partial charge in [-0.3, -0.25) is 0 Å². The van der Waals surface area contributed by atoms with Gasteiger partial charge in [0.05, 0.1) is 21.1 Å².